The Morgan fingerprint density at radius 3 is 2.00 bits per heavy atom. The molecule has 1 unspecified atom stereocenters. The molecule has 3 amide bonds. The van der Waals surface area contributed by atoms with Gasteiger partial charge in [-0.25, -0.2) is 0 Å². The first kappa shape index (κ1) is 22.9. The highest BCUT2D eigenvalue weighted by Gasteiger charge is 2.28. The summed E-state index contributed by atoms with van der Waals surface area (Å²) < 4.78 is 0. The zero-order chi connectivity index (χ0) is 16.5. The maximum absolute atomic E-state index is 11.8. The number of halogens is 1. The van der Waals surface area contributed by atoms with Gasteiger partial charge in [0, 0.05) is 39.4 Å². The second-order valence-electron chi connectivity index (χ2n) is 5.66. The first-order valence-corrected chi connectivity index (χ1v) is 7.23. The van der Waals surface area contributed by atoms with Gasteiger partial charge in [0.1, 0.15) is 0 Å². The smallest absolute Gasteiger partial charge is 0.220 e. The van der Waals surface area contributed by atoms with E-state index in [1.807, 2.05) is 20.8 Å². The largest absolute Gasteiger partial charge is 0.355 e. The lowest BCUT2D eigenvalue weighted by Crippen LogP contribution is -2.55. The van der Waals surface area contributed by atoms with Crippen LogP contribution in [0, 0.1) is 5.92 Å². The standard InChI is InChI=1S/C14H28N4O3.ClH/c1-10(2)14(4,9-15)18-13(21)6-5-12(20)17-8-7-16-11(3)19;/h10H,5-9,15H2,1-4H3,(H,16,19)(H,17,20)(H,18,21);1H. The quantitative estimate of drug-likeness (QED) is 0.441. The maximum Gasteiger partial charge on any atom is 0.220 e. The highest BCUT2D eigenvalue weighted by Crippen LogP contribution is 2.14. The molecular weight excluding hydrogens is 308 g/mol. The molecule has 0 aromatic carbocycles. The van der Waals surface area contributed by atoms with Crippen LogP contribution in [-0.2, 0) is 14.4 Å². The molecule has 22 heavy (non-hydrogen) atoms. The average Bonchev–Trinajstić information content (AvgIpc) is 2.40. The van der Waals surface area contributed by atoms with Crippen LogP contribution >= 0.6 is 12.4 Å². The number of nitrogens with two attached hydrogens (primary N) is 1. The molecule has 5 N–H and O–H groups in total. The van der Waals surface area contributed by atoms with E-state index in [0.29, 0.717) is 19.6 Å². The second-order valence-corrected chi connectivity index (χ2v) is 5.66. The van der Waals surface area contributed by atoms with E-state index in [2.05, 4.69) is 16.0 Å². The molecule has 0 radical (unpaired) electrons. The molecule has 0 spiro atoms. The Kier molecular flexibility index (Phi) is 11.7. The van der Waals surface area contributed by atoms with Gasteiger partial charge in [-0.05, 0) is 12.8 Å². The molecule has 0 aromatic rings. The fourth-order valence-corrected chi connectivity index (χ4v) is 1.57. The van der Waals surface area contributed by atoms with Crippen LogP contribution in [0.5, 0.6) is 0 Å². The van der Waals surface area contributed by atoms with Crippen LogP contribution in [0.1, 0.15) is 40.5 Å². The lowest BCUT2D eigenvalue weighted by Gasteiger charge is -2.33. The fourth-order valence-electron chi connectivity index (χ4n) is 1.57. The number of hydrogen-bond donors (Lipinski definition) is 4. The van der Waals surface area contributed by atoms with Crippen molar-refractivity contribution in [2.45, 2.75) is 46.1 Å². The molecule has 8 heteroatoms. The molecule has 0 bridgehead atoms. The summed E-state index contributed by atoms with van der Waals surface area (Å²) in [6.45, 7) is 8.36. The molecule has 0 rings (SSSR count). The normalized spacial score (nSPS) is 12.8. The van der Waals surface area contributed by atoms with Crippen molar-refractivity contribution in [3.05, 3.63) is 0 Å². The maximum atomic E-state index is 11.8. The van der Waals surface area contributed by atoms with Crippen molar-refractivity contribution >= 4 is 30.1 Å². The Hall–Kier alpha value is -1.34. The van der Waals surface area contributed by atoms with Crippen LogP contribution in [-0.4, -0.2) is 42.9 Å². The predicted molar refractivity (Wildman–Crippen MR) is 88.6 cm³/mol. The van der Waals surface area contributed by atoms with E-state index in [1.54, 1.807) is 0 Å². The SMILES string of the molecule is CC(=O)NCCNC(=O)CCC(=O)NC(C)(CN)C(C)C.Cl. The minimum atomic E-state index is -0.459. The van der Waals surface area contributed by atoms with Gasteiger partial charge in [0.05, 0.1) is 5.54 Å². The fraction of sp³-hybridized carbons (Fsp3) is 0.786. The molecule has 0 aliphatic heterocycles. The van der Waals surface area contributed by atoms with Crippen molar-refractivity contribution in [2.24, 2.45) is 11.7 Å². The van der Waals surface area contributed by atoms with E-state index in [0.717, 1.165) is 0 Å². The van der Waals surface area contributed by atoms with Gasteiger partial charge < -0.3 is 21.7 Å². The average molecular weight is 337 g/mol. The Morgan fingerprint density at radius 1 is 1.05 bits per heavy atom. The molecule has 0 saturated carbocycles. The monoisotopic (exact) mass is 336 g/mol. The lowest BCUT2D eigenvalue weighted by molar-refractivity contribution is -0.127. The van der Waals surface area contributed by atoms with Crippen molar-refractivity contribution < 1.29 is 14.4 Å². The Balaban J connectivity index is 0. The van der Waals surface area contributed by atoms with Crippen molar-refractivity contribution in [1.29, 1.82) is 0 Å². The molecule has 7 nitrogen and oxygen atoms in total. The molecule has 130 valence electrons. The molecule has 0 saturated heterocycles. The second kappa shape index (κ2) is 11.3. The van der Waals surface area contributed by atoms with Crippen LogP contribution in [0.4, 0.5) is 0 Å². The molecule has 0 heterocycles. The van der Waals surface area contributed by atoms with E-state index in [4.69, 9.17) is 5.73 Å². The van der Waals surface area contributed by atoms with Gasteiger partial charge in [-0.2, -0.15) is 0 Å². The molecule has 0 aliphatic carbocycles. The van der Waals surface area contributed by atoms with Gasteiger partial charge in [-0.3, -0.25) is 14.4 Å². The third kappa shape index (κ3) is 9.57. The van der Waals surface area contributed by atoms with E-state index < -0.39 is 5.54 Å². The minimum Gasteiger partial charge on any atom is -0.355 e. The summed E-state index contributed by atoms with van der Waals surface area (Å²) in [5, 5.41) is 8.08. The summed E-state index contributed by atoms with van der Waals surface area (Å²) in [4.78, 5) is 34.0. The number of hydrogen-bond acceptors (Lipinski definition) is 4. The number of carbonyl (C=O) groups excluding carboxylic acids is 3. The molecule has 0 aromatic heterocycles. The Morgan fingerprint density at radius 2 is 1.55 bits per heavy atom. The number of amides is 3. The zero-order valence-corrected chi connectivity index (χ0v) is 14.6. The number of nitrogens with one attached hydrogen (secondary N) is 3. The van der Waals surface area contributed by atoms with Gasteiger partial charge >= 0.3 is 0 Å². The first-order valence-electron chi connectivity index (χ1n) is 7.23. The zero-order valence-electron chi connectivity index (χ0n) is 13.8. The summed E-state index contributed by atoms with van der Waals surface area (Å²) in [5.41, 5.74) is 5.23. The number of rotatable bonds is 9. The molecular formula is C14H29ClN4O3. The summed E-state index contributed by atoms with van der Waals surface area (Å²) in [7, 11) is 0. The van der Waals surface area contributed by atoms with Gasteiger partial charge in [0.2, 0.25) is 17.7 Å². The van der Waals surface area contributed by atoms with Crippen molar-refractivity contribution in [3.8, 4) is 0 Å². The molecule has 0 fully saturated rings. The van der Waals surface area contributed by atoms with Crippen molar-refractivity contribution in [3.63, 3.8) is 0 Å². The Labute approximate surface area is 138 Å². The van der Waals surface area contributed by atoms with E-state index in [-0.39, 0.29) is 48.9 Å². The third-order valence-corrected chi connectivity index (χ3v) is 3.52. The highest BCUT2D eigenvalue weighted by molar-refractivity contribution is 5.85. The predicted octanol–water partition coefficient (Wildman–Crippen LogP) is -0.0697. The van der Waals surface area contributed by atoms with E-state index in [9.17, 15) is 14.4 Å². The van der Waals surface area contributed by atoms with Crippen molar-refractivity contribution in [1.82, 2.24) is 16.0 Å². The highest BCUT2D eigenvalue weighted by atomic mass is 35.5. The van der Waals surface area contributed by atoms with Crippen LogP contribution in [0.2, 0.25) is 0 Å². The summed E-state index contributed by atoms with van der Waals surface area (Å²) in [5.74, 6) is -0.334. The summed E-state index contributed by atoms with van der Waals surface area (Å²) in [6.07, 6.45) is 0.235. The van der Waals surface area contributed by atoms with Crippen molar-refractivity contribution in [2.75, 3.05) is 19.6 Å². The van der Waals surface area contributed by atoms with Crippen LogP contribution in [0.25, 0.3) is 0 Å². The number of carbonyl (C=O) groups is 3. The summed E-state index contributed by atoms with van der Waals surface area (Å²) >= 11 is 0. The van der Waals surface area contributed by atoms with Crippen LogP contribution < -0.4 is 21.7 Å². The summed E-state index contributed by atoms with van der Waals surface area (Å²) in [6, 6.07) is 0. The third-order valence-electron chi connectivity index (χ3n) is 3.52. The van der Waals surface area contributed by atoms with Crippen LogP contribution in [0.3, 0.4) is 0 Å². The minimum absolute atomic E-state index is 0. The van der Waals surface area contributed by atoms with Gasteiger partial charge in [0.15, 0.2) is 0 Å². The van der Waals surface area contributed by atoms with Crippen LogP contribution in [0.15, 0.2) is 0 Å². The van der Waals surface area contributed by atoms with Gasteiger partial charge in [-0.1, -0.05) is 13.8 Å². The first-order chi connectivity index (χ1) is 9.71. The van der Waals surface area contributed by atoms with E-state index >= 15 is 0 Å². The van der Waals surface area contributed by atoms with E-state index in [1.165, 1.54) is 6.92 Å². The lowest BCUT2D eigenvalue weighted by atomic mass is 9.88. The van der Waals surface area contributed by atoms with Gasteiger partial charge in [-0.15, -0.1) is 12.4 Å². The van der Waals surface area contributed by atoms with Gasteiger partial charge in [0.25, 0.3) is 0 Å². The Bertz CT molecular complexity index is 377. The molecule has 1 atom stereocenters. The molecule has 0 aliphatic rings. The topological polar surface area (TPSA) is 113 Å².